The molecule has 0 saturated carbocycles. The number of halogens is 3. The maximum atomic E-state index is 12.9. The summed E-state index contributed by atoms with van der Waals surface area (Å²) >= 11 is 0.134. The Labute approximate surface area is 183 Å². The predicted octanol–water partition coefficient (Wildman–Crippen LogP) is 2.36. The van der Waals surface area contributed by atoms with Gasteiger partial charge in [-0.05, 0) is 18.2 Å². The van der Waals surface area contributed by atoms with Crippen LogP contribution < -0.4 is 4.80 Å². The van der Waals surface area contributed by atoms with Gasteiger partial charge in [0.15, 0.2) is 9.84 Å². The van der Waals surface area contributed by atoms with Crippen molar-refractivity contribution in [2.24, 2.45) is 12.0 Å². The van der Waals surface area contributed by atoms with E-state index in [1.54, 1.807) is 0 Å². The third-order valence-corrected chi connectivity index (χ3v) is 6.89. The van der Waals surface area contributed by atoms with E-state index in [0.29, 0.717) is 0 Å². The smallest absolute Gasteiger partial charge is 0.265 e. The van der Waals surface area contributed by atoms with E-state index in [-0.39, 0.29) is 38.7 Å². The van der Waals surface area contributed by atoms with Gasteiger partial charge < -0.3 is 0 Å². The molecule has 0 radical (unpaired) electrons. The Kier molecular flexibility index (Phi) is 6.24. The second kappa shape index (κ2) is 8.60. The lowest BCUT2D eigenvalue weighted by molar-refractivity contribution is -0.138. The SMILES string of the molecule is CCS(=O)(=O)c1cc(-c2cc(C#N)ccn2)cnc1C(=O)N=c1sc(C(F)(F)F)nn1C. The number of amides is 1. The molecule has 0 aliphatic carbocycles. The number of hydrogen-bond donors (Lipinski definition) is 0. The third-order valence-electron chi connectivity index (χ3n) is 4.10. The summed E-state index contributed by atoms with van der Waals surface area (Å²) in [6.07, 6.45) is -2.19. The molecular weight excluding hydrogens is 469 g/mol. The quantitative estimate of drug-likeness (QED) is 0.558. The van der Waals surface area contributed by atoms with E-state index in [2.05, 4.69) is 20.1 Å². The third kappa shape index (κ3) is 4.73. The highest BCUT2D eigenvalue weighted by Gasteiger charge is 2.35. The molecule has 1 amide bonds. The fraction of sp³-hybridized carbons (Fsp3) is 0.222. The van der Waals surface area contributed by atoms with Crippen molar-refractivity contribution in [1.82, 2.24) is 19.7 Å². The summed E-state index contributed by atoms with van der Waals surface area (Å²) in [7, 11) is -2.80. The van der Waals surface area contributed by atoms with Crippen LogP contribution in [-0.4, -0.2) is 39.8 Å². The first-order chi connectivity index (χ1) is 15.0. The van der Waals surface area contributed by atoms with Crippen molar-refractivity contribution in [2.45, 2.75) is 18.0 Å². The molecule has 0 unspecified atom stereocenters. The molecule has 32 heavy (non-hydrogen) atoms. The van der Waals surface area contributed by atoms with Gasteiger partial charge in [0, 0.05) is 25.0 Å². The van der Waals surface area contributed by atoms with Crippen LogP contribution in [0.3, 0.4) is 0 Å². The van der Waals surface area contributed by atoms with E-state index in [4.69, 9.17) is 5.26 Å². The van der Waals surface area contributed by atoms with E-state index >= 15 is 0 Å². The van der Waals surface area contributed by atoms with Crippen molar-refractivity contribution in [1.29, 1.82) is 5.26 Å². The molecule has 0 fully saturated rings. The van der Waals surface area contributed by atoms with E-state index in [0.717, 1.165) is 4.68 Å². The second-order valence-corrected chi connectivity index (χ2v) is 9.45. The van der Waals surface area contributed by atoms with Crippen LogP contribution in [0.5, 0.6) is 0 Å². The fourth-order valence-corrected chi connectivity index (χ4v) is 4.30. The highest BCUT2D eigenvalue weighted by molar-refractivity contribution is 7.91. The van der Waals surface area contributed by atoms with Crippen LogP contribution >= 0.6 is 11.3 Å². The van der Waals surface area contributed by atoms with Crippen molar-refractivity contribution >= 4 is 27.1 Å². The standard InChI is InChI=1S/C18H13F3N6O3S2/c1-3-32(29,30)13-7-11(12-6-10(8-22)4-5-23-12)9-24-14(13)15(28)25-17-27(2)26-16(31-17)18(19,20)21/h4-7,9H,3H2,1-2H3. The Morgan fingerprint density at radius 2 is 2.03 bits per heavy atom. The maximum Gasteiger partial charge on any atom is 0.445 e. The Hall–Kier alpha value is -3.44. The maximum absolute atomic E-state index is 12.9. The summed E-state index contributed by atoms with van der Waals surface area (Å²) in [5, 5.41) is 11.1. The summed E-state index contributed by atoms with van der Waals surface area (Å²) in [4.78, 5) is 23.4. The monoisotopic (exact) mass is 482 g/mol. The first-order valence-electron chi connectivity index (χ1n) is 8.76. The number of pyridine rings is 2. The summed E-state index contributed by atoms with van der Waals surface area (Å²) in [6, 6.07) is 5.98. The van der Waals surface area contributed by atoms with E-state index in [9.17, 15) is 26.4 Å². The minimum Gasteiger partial charge on any atom is -0.265 e. The van der Waals surface area contributed by atoms with Crippen LogP contribution in [0.25, 0.3) is 11.3 Å². The number of carbonyl (C=O) groups is 1. The average molecular weight is 482 g/mol. The van der Waals surface area contributed by atoms with Crippen molar-refractivity contribution < 1.29 is 26.4 Å². The minimum absolute atomic E-state index is 0.134. The van der Waals surface area contributed by atoms with Gasteiger partial charge in [0.1, 0.15) is 5.69 Å². The normalized spacial score (nSPS) is 12.6. The molecule has 0 aromatic carbocycles. The van der Waals surface area contributed by atoms with Gasteiger partial charge in [0.05, 0.1) is 28.0 Å². The summed E-state index contributed by atoms with van der Waals surface area (Å²) < 4.78 is 64.6. The highest BCUT2D eigenvalue weighted by Crippen LogP contribution is 2.29. The van der Waals surface area contributed by atoms with Crippen LogP contribution in [-0.2, 0) is 23.1 Å². The van der Waals surface area contributed by atoms with Crippen molar-refractivity contribution in [3.8, 4) is 17.3 Å². The molecule has 0 bridgehead atoms. The van der Waals surface area contributed by atoms with Gasteiger partial charge in [-0.2, -0.15) is 28.5 Å². The molecular formula is C18H13F3N6O3S2. The number of hydrogen-bond acceptors (Lipinski definition) is 8. The lowest BCUT2D eigenvalue weighted by Crippen LogP contribution is -2.18. The zero-order valence-corrected chi connectivity index (χ0v) is 18.1. The molecule has 0 saturated heterocycles. The van der Waals surface area contributed by atoms with E-state index in [1.165, 1.54) is 44.6 Å². The largest absolute Gasteiger partial charge is 0.445 e. The Morgan fingerprint density at radius 3 is 2.62 bits per heavy atom. The zero-order valence-electron chi connectivity index (χ0n) is 16.5. The van der Waals surface area contributed by atoms with Gasteiger partial charge in [-0.15, -0.1) is 0 Å². The lowest BCUT2D eigenvalue weighted by Gasteiger charge is -2.08. The first kappa shape index (κ1) is 23.2. The molecule has 3 aromatic rings. The number of carbonyl (C=O) groups excluding carboxylic acids is 1. The van der Waals surface area contributed by atoms with E-state index in [1.807, 2.05) is 6.07 Å². The van der Waals surface area contributed by atoms with Crippen LogP contribution in [0.2, 0.25) is 0 Å². The molecule has 0 atom stereocenters. The van der Waals surface area contributed by atoms with Gasteiger partial charge in [-0.3, -0.25) is 9.78 Å². The van der Waals surface area contributed by atoms with Crippen molar-refractivity contribution in [2.75, 3.05) is 5.75 Å². The van der Waals surface area contributed by atoms with Gasteiger partial charge in [0.2, 0.25) is 9.81 Å². The number of aryl methyl sites for hydroxylation is 1. The molecule has 3 heterocycles. The number of alkyl halides is 3. The number of rotatable bonds is 4. The molecule has 9 nitrogen and oxygen atoms in total. The molecule has 166 valence electrons. The summed E-state index contributed by atoms with van der Waals surface area (Å²) in [5.41, 5.74) is 0.217. The second-order valence-electron chi connectivity index (χ2n) is 6.24. The molecule has 3 rings (SSSR count). The fourth-order valence-electron chi connectivity index (χ4n) is 2.50. The molecule has 3 aromatic heterocycles. The number of aromatic nitrogens is 4. The molecule has 0 spiro atoms. The highest BCUT2D eigenvalue weighted by atomic mass is 32.2. The number of sulfone groups is 1. The minimum atomic E-state index is -4.72. The van der Waals surface area contributed by atoms with Crippen LogP contribution in [0.15, 0.2) is 40.5 Å². The Bertz CT molecular complexity index is 1420. The van der Waals surface area contributed by atoms with Crippen molar-refractivity contribution in [3.63, 3.8) is 0 Å². The van der Waals surface area contributed by atoms with Gasteiger partial charge in [0.25, 0.3) is 5.91 Å². The molecule has 14 heteroatoms. The van der Waals surface area contributed by atoms with Crippen LogP contribution in [0, 0.1) is 11.3 Å². The first-order valence-corrected chi connectivity index (χ1v) is 11.2. The predicted molar refractivity (Wildman–Crippen MR) is 106 cm³/mol. The number of nitriles is 1. The molecule has 0 aliphatic rings. The lowest BCUT2D eigenvalue weighted by atomic mass is 10.1. The number of nitrogens with zero attached hydrogens (tertiary/aromatic N) is 6. The Balaban J connectivity index is 2.15. The zero-order chi connectivity index (χ0) is 23.7. The summed E-state index contributed by atoms with van der Waals surface area (Å²) in [6.45, 7) is 1.36. The van der Waals surface area contributed by atoms with Crippen LogP contribution in [0.1, 0.15) is 28.0 Å². The average Bonchev–Trinajstić information content (AvgIpc) is 3.14. The van der Waals surface area contributed by atoms with Crippen molar-refractivity contribution in [3.05, 3.63) is 51.7 Å². The van der Waals surface area contributed by atoms with Gasteiger partial charge in [-0.25, -0.2) is 18.1 Å². The van der Waals surface area contributed by atoms with Gasteiger partial charge >= 0.3 is 6.18 Å². The summed E-state index contributed by atoms with van der Waals surface area (Å²) in [5.74, 6) is -1.51. The van der Waals surface area contributed by atoms with Crippen LogP contribution in [0.4, 0.5) is 13.2 Å². The topological polar surface area (TPSA) is 131 Å². The Morgan fingerprint density at radius 1 is 1.31 bits per heavy atom. The van der Waals surface area contributed by atoms with Gasteiger partial charge in [-0.1, -0.05) is 18.3 Å². The molecule has 0 N–H and O–H groups in total. The molecule has 0 aliphatic heterocycles. The van der Waals surface area contributed by atoms with E-state index < -0.39 is 37.5 Å².